The van der Waals surface area contributed by atoms with E-state index in [2.05, 4.69) is 30.3 Å². The van der Waals surface area contributed by atoms with Gasteiger partial charge in [0.1, 0.15) is 0 Å². The van der Waals surface area contributed by atoms with Crippen molar-refractivity contribution in [3.63, 3.8) is 0 Å². The summed E-state index contributed by atoms with van der Waals surface area (Å²) in [4.78, 5) is 1.53. The number of nitrogens with zero attached hydrogens (tertiary/aromatic N) is 1. The van der Waals surface area contributed by atoms with Gasteiger partial charge < -0.3 is 4.90 Å². The van der Waals surface area contributed by atoms with E-state index < -0.39 is 76.7 Å². The molecule has 4 aliphatic rings. The highest BCUT2D eigenvalue weighted by Gasteiger charge is 2.52. The van der Waals surface area contributed by atoms with Crippen molar-refractivity contribution in [3.05, 3.63) is 220 Å². The maximum Gasteiger partial charge on any atom is 0.0726 e. The van der Waals surface area contributed by atoms with Crippen LogP contribution in [0.1, 0.15) is 91.4 Å². The van der Waals surface area contributed by atoms with Crippen LogP contribution in [0.2, 0.25) is 0 Å². The van der Waals surface area contributed by atoms with Crippen LogP contribution >= 0.6 is 0 Å². The van der Waals surface area contributed by atoms with Crippen LogP contribution in [-0.2, 0) is 16.2 Å². The van der Waals surface area contributed by atoms with E-state index >= 15 is 0 Å². The van der Waals surface area contributed by atoms with Crippen molar-refractivity contribution in [1.29, 1.82) is 0 Å². The zero-order chi connectivity index (χ0) is 49.7. The summed E-state index contributed by atoms with van der Waals surface area (Å²) >= 11 is 0. The van der Waals surface area contributed by atoms with Crippen LogP contribution in [0.3, 0.4) is 0 Å². The molecule has 0 fully saturated rings. The topological polar surface area (TPSA) is 3.24 Å². The van der Waals surface area contributed by atoms with Gasteiger partial charge in [0.25, 0.3) is 0 Å². The quantitative estimate of drug-likeness (QED) is 0.175. The lowest BCUT2D eigenvalue weighted by Crippen LogP contribution is -2.26. The molecule has 0 amide bonds. The first-order valence-electron chi connectivity index (χ1n) is 25.9. The molecule has 0 aliphatic heterocycles. The Bertz CT molecular complexity index is 3750. The molecule has 12 rings (SSSR count). The Hall–Kier alpha value is -6.44. The zero-order valence-corrected chi connectivity index (χ0v) is 31.1. The molecule has 56 heavy (non-hydrogen) atoms. The molecule has 1 spiro atoms. The van der Waals surface area contributed by atoms with E-state index in [1.807, 2.05) is 54.6 Å². The molecule has 0 saturated carbocycles. The number of rotatable bonds is 3. The number of fused-ring (bicyclic) bond motifs is 16. The van der Waals surface area contributed by atoms with Gasteiger partial charge in [-0.1, -0.05) is 179 Å². The predicted molar refractivity (Wildman–Crippen MR) is 233 cm³/mol. The first-order chi connectivity index (χ1) is 33.2. The minimum absolute atomic E-state index is 0.0204. The van der Waals surface area contributed by atoms with Crippen LogP contribution < -0.4 is 4.90 Å². The van der Waals surface area contributed by atoms with Crippen molar-refractivity contribution >= 4 is 17.1 Å². The standard InChI is InChI=1S/C55H41N/c1-53(2)42-23-11-8-20-39(42)51-46(53)27-15-29-49(51)56(34-31-32-38-35-17-5-10-22-41(35)54(3,4)48(38)33-34)50-30-16-28-47-52(50)40-21-9-14-26-45(40)55(47)43-24-12-6-18-36(43)37-19-7-13-25-44(37)55/h5-33H,1-4H3/i5D,8D,10D,11D,15D,17D,20D,22D,23D,27D,29D,31D,32D,33D. The molecule has 0 radical (unpaired) electrons. The summed E-state index contributed by atoms with van der Waals surface area (Å²) in [5.74, 6) is 0. The van der Waals surface area contributed by atoms with Gasteiger partial charge in [-0.05, 0) is 102 Å². The fourth-order valence-corrected chi connectivity index (χ4v) is 10.3. The van der Waals surface area contributed by atoms with Crippen molar-refractivity contribution in [2.45, 2.75) is 43.9 Å². The van der Waals surface area contributed by atoms with Crippen molar-refractivity contribution < 1.29 is 19.2 Å². The van der Waals surface area contributed by atoms with Crippen LogP contribution in [-0.4, -0.2) is 0 Å². The molecule has 1 heteroatoms. The molecule has 8 aromatic carbocycles. The van der Waals surface area contributed by atoms with Gasteiger partial charge in [-0.25, -0.2) is 0 Å². The maximum absolute atomic E-state index is 10.5. The summed E-state index contributed by atoms with van der Waals surface area (Å²) in [6.45, 7) is 6.90. The van der Waals surface area contributed by atoms with E-state index in [0.29, 0.717) is 11.3 Å². The normalized spacial score (nSPS) is 19.4. The van der Waals surface area contributed by atoms with Gasteiger partial charge in [0.05, 0.1) is 36.0 Å². The molecule has 4 aliphatic carbocycles. The van der Waals surface area contributed by atoms with E-state index in [0.717, 1.165) is 38.9 Å². The maximum atomic E-state index is 10.5. The fraction of sp³-hybridized carbons (Fsp3) is 0.127. The smallest absolute Gasteiger partial charge is 0.0726 e. The summed E-state index contributed by atoms with van der Waals surface area (Å²) < 4.78 is 132. The summed E-state index contributed by atoms with van der Waals surface area (Å²) in [7, 11) is 0. The van der Waals surface area contributed by atoms with Gasteiger partial charge in [-0.3, -0.25) is 0 Å². The minimum atomic E-state index is -1.33. The van der Waals surface area contributed by atoms with E-state index in [9.17, 15) is 11.0 Å². The first-order valence-corrected chi connectivity index (χ1v) is 18.9. The lowest BCUT2D eigenvalue weighted by Gasteiger charge is -2.33. The van der Waals surface area contributed by atoms with Crippen molar-refractivity contribution in [1.82, 2.24) is 0 Å². The van der Waals surface area contributed by atoms with Crippen molar-refractivity contribution in [2.24, 2.45) is 0 Å². The third kappa shape index (κ3) is 3.76. The third-order valence-electron chi connectivity index (χ3n) is 12.7. The molecule has 0 saturated heterocycles. The Labute approximate surface area is 349 Å². The van der Waals surface area contributed by atoms with E-state index in [-0.39, 0.29) is 80.1 Å². The summed E-state index contributed by atoms with van der Waals surface area (Å²) in [6.07, 6.45) is 0. The molecule has 0 bridgehead atoms. The van der Waals surface area contributed by atoms with Gasteiger partial charge in [0.2, 0.25) is 0 Å². The highest BCUT2D eigenvalue weighted by molar-refractivity contribution is 6.04. The number of anilines is 3. The van der Waals surface area contributed by atoms with E-state index in [4.69, 9.17) is 8.22 Å². The summed E-state index contributed by atoms with van der Waals surface area (Å²) in [5.41, 5.74) is 4.66. The third-order valence-corrected chi connectivity index (χ3v) is 12.7. The Morgan fingerprint density at radius 3 is 1.61 bits per heavy atom. The van der Waals surface area contributed by atoms with Crippen molar-refractivity contribution in [3.8, 4) is 44.5 Å². The van der Waals surface area contributed by atoms with Gasteiger partial charge in [-0.15, -0.1) is 0 Å². The first kappa shape index (κ1) is 21.0. The monoisotopic (exact) mass is 729 g/mol. The van der Waals surface area contributed by atoms with Crippen LogP contribution in [0, 0.1) is 0 Å². The Morgan fingerprint density at radius 1 is 0.375 bits per heavy atom. The van der Waals surface area contributed by atoms with Crippen molar-refractivity contribution in [2.75, 3.05) is 4.90 Å². The van der Waals surface area contributed by atoms with Crippen LogP contribution in [0.25, 0.3) is 44.5 Å². The number of hydrogen-bond acceptors (Lipinski definition) is 1. The molecule has 0 aromatic heterocycles. The molecular formula is C55H41N. The molecule has 266 valence electrons. The molecule has 0 atom stereocenters. The highest BCUT2D eigenvalue weighted by atomic mass is 15.1. The van der Waals surface area contributed by atoms with Gasteiger partial charge in [-0.2, -0.15) is 0 Å². The number of benzene rings is 8. The SMILES string of the molecule is [2H]c1c([2H])c([2H])c2c(c1[2H])-c1c([2H])c([2H])c(N(c3cccc4c3-c3ccccc3C43c4ccccc4-c4ccccc43)c3c([2H])c([2H])c([2H])c4c3-c3c([2H])c([2H])c([2H])c([2H])c3C4(C)C)c([2H])c1C2(C)C. The van der Waals surface area contributed by atoms with E-state index in [1.165, 1.54) is 4.90 Å². The lowest BCUT2D eigenvalue weighted by molar-refractivity contribution is 0.660. The Balaban J connectivity index is 1.29. The second kappa shape index (κ2) is 10.9. The molecule has 0 N–H and O–H groups in total. The van der Waals surface area contributed by atoms with Gasteiger partial charge in [0.15, 0.2) is 0 Å². The number of hydrogen-bond donors (Lipinski definition) is 0. The largest absolute Gasteiger partial charge is 0.309 e. The molecule has 1 nitrogen and oxygen atoms in total. The van der Waals surface area contributed by atoms with Crippen LogP contribution in [0.4, 0.5) is 17.1 Å². The Morgan fingerprint density at radius 2 is 0.893 bits per heavy atom. The Kier molecular flexibility index (Phi) is 4.08. The van der Waals surface area contributed by atoms with Crippen LogP contribution in [0.15, 0.2) is 176 Å². The second-order valence-electron chi connectivity index (χ2n) is 16.1. The van der Waals surface area contributed by atoms with E-state index in [1.54, 1.807) is 33.8 Å². The minimum Gasteiger partial charge on any atom is -0.309 e. The summed E-state index contributed by atoms with van der Waals surface area (Å²) in [5, 5.41) is 0. The fourth-order valence-electron chi connectivity index (χ4n) is 10.3. The molecular weight excluding hydrogens is 675 g/mol. The summed E-state index contributed by atoms with van der Waals surface area (Å²) in [6, 6.07) is 24.0. The van der Waals surface area contributed by atoms with Gasteiger partial charge >= 0.3 is 0 Å². The molecule has 0 heterocycles. The average molecular weight is 730 g/mol. The zero-order valence-electron chi connectivity index (χ0n) is 45.1. The van der Waals surface area contributed by atoms with Gasteiger partial charge in [0, 0.05) is 27.6 Å². The lowest BCUT2D eigenvalue weighted by atomic mass is 9.70. The second-order valence-corrected chi connectivity index (χ2v) is 16.1. The molecule has 8 aromatic rings. The average Bonchev–Trinajstić information content (AvgIpc) is 3.99. The van der Waals surface area contributed by atoms with Crippen LogP contribution in [0.5, 0.6) is 0 Å². The highest BCUT2D eigenvalue weighted by Crippen LogP contribution is 2.65. The molecule has 0 unspecified atom stereocenters. The predicted octanol–water partition coefficient (Wildman–Crippen LogP) is 14.1.